The predicted molar refractivity (Wildman–Crippen MR) is 99.1 cm³/mol. The van der Waals surface area contributed by atoms with Gasteiger partial charge in [-0.3, -0.25) is 9.89 Å². The van der Waals surface area contributed by atoms with E-state index in [0.717, 1.165) is 58.5 Å². The molecule has 0 radical (unpaired) electrons. The van der Waals surface area contributed by atoms with Crippen molar-refractivity contribution in [2.45, 2.75) is 25.6 Å². The van der Waals surface area contributed by atoms with E-state index in [0.29, 0.717) is 19.6 Å². The van der Waals surface area contributed by atoms with Gasteiger partial charge in [0, 0.05) is 45.8 Å². The number of rotatable bonds is 7. The Morgan fingerprint density at radius 1 is 1.24 bits per heavy atom. The Bertz CT molecular complexity index is 413. The van der Waals surface area contributed by atoms with Crippen molar-refractivity contribution < 1.29 is 14.6 Å². The van der Waals surface area contributed by atoms with E-state index in [4.69, 9.17) is 9.47 Å². The van der Waals surface area contributed by atoms with Gasteiger partial charge in [-0.15, -0.1) is 0 Å². The van der Waals surface area contributed by atoms with Gasteiger partial charge in [0.05, 0.1) is 38.1 Å². The van der Waals surface area contributed by atoms with Gasteiger partial charge in [0.15, 0.2) is 5.96 Å². The fraction of sp³-hybridized carbons (Fsp3) is 0.941. The third-order valence-electron chi connectivity index (χ3n) is 4.43. The lowest BCUT2D eigenvalue weighted by Crippen LogP contribution is -2.50. The summed E-state index contributed by atoms with van der Waals surface area (Å²) in [5.74, 6) is 0.724. The highest BCUT2D eigenvalue weighted by Crippen LogP contribution is 2.09. The molecule has 3 N–H and O–H groups in total. The normalized spacial score (nSPS) is 26.2. The Balaban J connectivity index is 1.80. The van der Waals surface area contributed by atoms with Gasteiger partial charge in [-0.2, -0.15) is 0 Å². The number of aliphatic imine (C=N–C) groups is 1. The minimum atomic E-state index is -0.860. The van der Waals surface area contributed by atoms with Crippen molar-refractivity contribution in [2.75, 3.05) is 79.2 Å². The highest BCUT2D eigenvalue weighted by Gasteiger charge is 2.25. The Labute approximate surface area is 151 Å². The summed E-state index contributed by atoms with van der Waals surface area (Å²) in [6.07, 6.45) is 0.163. The number of nitrogens with zero attached hydrogens (tertiary/aromatic N) is 3. The molecule has 0 aromatic heterocycles. The van der Waals surface area contributed by atoms with Crippen LogP contribution in [0.15, 0.2) is 4.99 Å². The summed E-state index contributed by atoms with van der Waals surface area (Å²) < 4.78 is 11.1. The molecule has 0 amide bonds. The molecule has 25 heavy (non-hydrogen) atoms. The summed E-state index contributed by atoms with van der Waals surface area (Å²) in [4.78, 5) is 9.07. The zero-order valence-electron chi connectivity index (χ0n) is 16.0. The van der Waals surface area contributed by atoms with Crippen LogP contribution in [0.2, 0.25) is 0 Å². The SMILES string of the molecule is CCNC(=NCC(C)(O)CN1CCOCC1)NCC1CN(C)CCO1. The molecule has 2 atom stereocenters. The van der Waals surface area contributed by atoms with Crippen LogP contribution in [0.3, 0.4) is 0 Å². The van der Waals surface area contributed by atoms with Crippen molar-refractivity contribution in [3.8, 4) is 0 Å². The fourth-order valence-electron chi connectivity index (χ4n) is 3.08. The smallest absolute Gasteiger partial charge is 0.191 e. The summed E-state index contributed by atoms with van der Waals surface area (Å²) in [5, 5.41) is 17.2. The van der Waals surface area contributed by atoms with E-state index in [-0.39, 0.29) is 6.10 Å². The van der Waals surface area contributed by atoms with Crippen LogP contribution in [0.25, 0.3) is 0 Å². The van der Waals surface area contributed by atoms with Gasteiger partial charge < -0.3 is 30.1 Å². The average Bonchev–Trinajstić information content (AvgIpc) is 2.58. The monoisotopic (exact) mass is 357 g/mol. The van der Waals surface area contributed by atoms with Crippen molar-refractivity contribution in [3.63, 3.8) is 0 Å². The van der Waals surface area contributed by atoms with Gasteiger partial charge >= 0.3 is 0 Å². The van der Waals surface area contributed by atoms with Crippen molar-refractivity contribution in [2.24, 2.45) is 4.99 Å². The van der Waals surface area contributed by atoms with Crippen molar-refractivity contribution in [3.05, 3.63) is 0 Å². The second-order valence-electron chi connectivity index (χ2n) is 7.22. The Morgan fingerprint density at radius 3 is 2.68 bits per heavy atom. The van der Waals surface area contributed by atoms with Crippen LogP contribution >= 0.6 is 0 Å². The summed E-state index contributed by atoms with van der Waals surface area (Å²) in [7, 11) is 2.11. The molecule has 8 nitrogen and oxygen atoms in total. The fourth-order valence-corrected chi connectivity index (χ4v) is 3.08. The second kappa shape index (κ2) is 10.3. The number of β-amino-alcohol motifs (C(OH)–C–C–N with tert-alkyl or cyclic N) is 1. The molecule has 2 aliphatic heterocycles. The molecule has 8 heteroatoms. The number of guanidine groups is 1. The number of hydrogen-bond donors (Lipinski definition) is 3. The van der Waals surface area contributed by atoms with E-state index in [1.807, 2.05) is 13.8 Å². The van der Waals surface area contributed by atoms with E-state index in [1.54, 1.807) is 0 Å². The summed E-state index contributed by atoms with van der Waals surface area (Å²) in [5.41, 5.74) is -0.860. The molecule has 2 saturated heterocycles. The van der Waals surface area contributed by atoms with Crippen molar-refractivity contribution in [1.29, 1.82) is 0 Å². The minimum Gasteiger partial charge on any atom is -0.387 e. The third kappa shape index (κ3) is 7.87. The number of aliphatic hydroxyl groups is 1. The first-order chi connectivity index (χ1) is 12.0. The molecule has 2 aliphatic rings. The van der Waals surface area contributed by atoms with Crippen LogP contribution in [-0.2, 0) is 9.47 Å². The lowest BCUT2D eigenvalue weighted by atomic mass is 10.1. The highest BCUT2D eigenvalue weighted by atomic mass is 16.5. The maximum atomic E-state index is 10.7. The van der Waals surface area contributed by atoms with Gasteiger partial charge in [0.1, 0.15) is 0 Å². The largest absolute Gasteiger partial charge is 0.387 e. The zero-order valence-corrected chi connectivity index (χ0v) is 16.0. The second-order valence-corrected chi connectivity index (χ2v) is 7.22. The lowest BCUT2D eigenvalue weighted by Gasteiger charge is -2.33. The number of hydrogen-bond acceptors (Lipinski definition) is 6. The van der Waals surface area contributed by atoms with Crippen LogP contribution in [-0.4, -0.2) is 112 Å². The molecule has 2 fully saturated rings. The van der Waals surface area contributed by atoms with E-state index in [9.17, 15) is 5.11 Å². The highest BCUT2D eigenvalue weighted by molar-refractivity contribution is 5.79. The first-order valence-electron chi connectivity index (χ1n) is 9.33. The molecule has 2 rings (SSSR count). The molecule has 0 bridgehead atoms. The van der Waals surface area contributed by atoms with E-state index >= 15 is 0 Å². The molecule has 0 aromatic carbocycles. The lowest BCUT2D eigenvalue weighted by molar-refractivity contribution is -0.0182. The van der Waals surface area contributed by atoms with Crippen LogP contribution < -0.4 is 10.6 Å². The maximum Gasteiger partial charge on any atom is 0.191 e. The Hall–Kier alpha value is -0.930. The Morgan fingerprint density at radius 2 is 2.00 bits per heavy atom. The molecule has 2 unspecified atom stereocenters. The molecular weight excluding hydrogens is 322 g/mol. The number of morpholine rings is 2. The minimum absolute atomic E-state index is 0.163. The van der Waals surface area contributed by atoms with Crippen LogP contribution in [0.5, 0.6) is 0 Å². The van der Waals surface area contributed by atoms with Crippen molar-refractivity contribution >= 4 is 5.96 Å². The molecule has 2 heterocycles. The predicted octanol–water partition coefficient (Wildman–Crippen LogP) is -1.04. The molecule has 0 spiro atoms. The maximum absolute atomic E-state index is 10.7. The van der Waals surface area contributed by atoms with Gasteiger partial charge in [0.25, 0.3) is 0 Å². The number of ether oxygens (including phenoxy) is 2. The van der Waals surface area contributed by atoms with Crippen molar-refractivity contribution in [1.82, 2.24) is 20.4 Å². The average molecular weight is 357 g/mol. The quantitative estimate of drug-likeness (QED) is 0.396. The van der Waals surface area contributed by atoms with Crippen LogP contribution in [0.4, 0.5) is 0 Å². The van der Waals surface area contributed by atoms with E-state index in [1.165, 1.54) is 0 Å². The molecular formula is C17H35N5O3. The van der Waals surface area contributed by atoms with E-state index in [2.05, 4.69) is 32.5 Å². The summed E-state index contributed by atoms with van der Waals surface area (Å²) in [6.45, 7) is 12.2. The Kier molecular flexibility index (Phi) is 8.38. The van der Waals surface area contributed by atoms with Gasteiger partial charge in [-0.05, 0) is 20.9 Å². The topological polar surface area (TPSA) is 81.6 Å². The molecule has 0 saturated carbocycles. The molecule has 0 aliphatic carbocycles. The molecule has 146 valence electrons. The first kappa shape index (κ1) is 20.4. The summed E-state index contributed by atoms with van der Waals surface area (Å²) in [6, 6.07) is 0. The van der Waals surface area contributed by atoms with Gasteiger partial charge in [-0.1, -0.05) is 0 Å². The molecule has 0 aromatic rings. The van der Waals surface area contributed by atoms with Gasteiger partial charge in [0.2, 0.25) is 0 Å². The van der Waals surface area contributed by atoms with Gasteiger partial charge in [-0.25, -0.2) is 0 Å². The van der Waals surface area contributed by atoms with Crippen LogP contribution in [0, 0.1) is 0 Å². The first-order valence-corrected chi connectivity index (χ1v) is 9.33. The standard InChI is InChI=1S/C17H35N5O3/c1-4-18-16(19-11-15-12-21(3)5-10-25-15)20-13-17(2,23)14-22-6-8-24-9-7-22/h15,23H,4-14H2,1-3H3,(H2,18,19,20). The van der Waals surface area contributed by atoms with Crippen LogP contribution in [0.1, 0.15) is 13.8 Å². The third-order valence-corrected chi connectivity index (χ3v) is 4.43. The number of likely N-dealkylation sites (N-methyl/N-ethyl adjacent to an activating group) is 1. The zero-order chi connectivity index (χ0) is 18.1. The van der Waals surface area contributed by atoms with E-state index < -0.39 is 5.60 Å². The summed E-state index contributed by atoms with van der Waals surface area (Å²) >= 11 is 0. The number of nitrogens with one attached hydrogen (secondary N) is 2.